The summed E-state index contributed by atoms with van der Waals surface area (Å²) < 4.78 is 17.1. The first-order valence-corrected chi connectivity index (χ1v) is 21.8. The SMILES string of the molecule is CC/C=C\C/C=C\C/C=C\C/C=C\CCC(=O)OCC(COCCCCCCCCCC/C=C\CCCCCCCC)OC(=O)CCCCCCC. The first kappa shape index (κ1) is 49.6. The van der Waals surface area contributed by atoms with Crippen LogP contribution in [0, 0.1) is 0 Å². The zero-order chi connectivity index (χ0) is 37.8. The van der Waals surface area contributed by atoms with Crippen molar-refractivity contribution in [3.8, 4) is 0 Å². The van der Waals surface area contributed by atoms with Crippen molar-refractivity contribution in [3.63, 3.8) is 0 Å². The molecule has 0 N–H and O–H groups in total. The minimum absolute atomic E-state index is 0.0452. The molecular formula is C47H82O5. The molecule has 0 aromatic rings. The fourth-order valence-corrected chi connectivity index (χ4v) is 5.81. The van der Waals surface area contributed by atoms with Crippen LogP contribution in [-0.2, 0) is 23.8 Å². The van der Waals surface area contributed by atoms with Crippen LogP contribution in [0.2, 0.25) is 0 Å². The van der Waals surface area contributed by atoms with Gasteiger partial charge in [-0.25, -0.2) is 0 Å². The van der Waals surface area contributed by atoms with E-state index >= 15 is 0 Å². The van der Waals surface area contributed by atoms with Crippen LogP contribution in [0.1, 0.15) is 201 Å². The third-order valence-electron chi connectivity index (χ3n) is 9.05. The molecule has 0 aromatic carbocycles. The van der Waals surface area contributed by atoms with Crippen LogP contribution >= 0.6 is 0 Å². The number of carbonyl (C=O) groups excluding carboxylic acids is 2. The van der Waals surface area contributed by atoms with E-state index in [4.69, 9.17) is 14.2 Å². The van der Waals surface area contributed by atoms with Gasteiger partial charge in [0.05, 0.1) is 6.61 Å². The van der Waals surface area contributed by atoms with Gasteiger partial charge >= 0.3 is 11.9 Å². The zero-order valence-corrected chi connectivity index (χ0v) is 34.3. The Balaban J connectivity index is 4.14. The minimum Gasteiger partial charge on any atom is -0.462 e. The van der Waals surface area contributed by atoms with Gasteiger partial charge in [0.2, 0.25) is 0 Å². The molecule has 0 aliphatic rings. The summed E-state index contributed by atoms with van der Waals surface area (Å²) in [4.78, 5) is 24.9. The molecule has 0 fully saturated rings. The van der Waals surface area contributed by atoms with Crippen LogP contribution in [0.15, 0.2) is 60.8 Å². The standard InChI is InChI=1S/C47H82O5/c1-4-7-10-13-15-17-19-21-22-23-24-25-27-29-31-33-36-39-42-50-43-45(52-47(49)41-38-34-12-9-6-3)44-51-46(48)40-37-35-32-30-28-26-20-18-16-14-11-8-5-2/h8,11,16,18,21-22,26,28,32,35,45H,4-7,9-10,12-15,17,19-20,23-25,27,29-31,33-34,36-44H2,1-3H3/b11-8-,18-16-,22-21-,28-26-,35-32-. The van der Waals surface area contributed by atoms with Gasteiger partial charge in [0.1, 0.15) is 6.61 Å². The van der Waals surface area contributed by atoms with E-state index in [0.29, 0.717) is 25.9 Å². The monoisotopic (exact) mass is 727 g/mol. The number of allylic oxidation sites excluding steroid dienone is 10. The van der Waals surface area contributed by atoms with Crippen LogP contribution in [0.4, 0.5) is 0 Å². The number of unbranched alkanes of at least 4 members (excludes halogenated alkanes) is 18. The molecule has 0 rings (SSSR count). The topological polar surface area (TPSA) is 61.8 Å². The summed E-state index contributed by atoms with van der Waals surface area (Å²) in [6.45, 7) is 7.54. The van der Waals surface area contributed by atoms with Crippen molar-refractivity contribution in [2.24, 2.45) is 0 Å². The van der Waals surface area contributed by atoms with Crippen molar-refractivity contribution < 1.29 is 23.8 Å². The molecule has 1 atom stereocenters. The molecular weight excluding hydrogens is 645 g/mol. The molecule has 0 aliphatic carbocycles. The van der Waals surface area contributed by atoms with Gasteiger partial charge < -0.3 is 14.2 Å². The summed E-state index contributed by atoms with van der Waals surface area (Å²) in [5, 5.41) is 0. The number of hydrogen-bond acceptors (Lipinski definition) is 5. The lowest BCUT2D eigenvalue weighted by atomic mass is 10.1. The number of hydrogen-bond donors (Lipinski definition) is 0. The Morgan fingerprint density at radius 2 is 0.904 bits per heavy atom. The van der Waals surface area contributed by atoms with Gasteiger partial charge in [-0.1, -0.05) is 178 Å². The van der Waals surface area contributed by atoms with Gasteiger partial charge in [-0.3, -0.25) is 9.59 Å². The number of rotatable bonds is 39. The average Bonchev–Trinajstić information content (AvgIpc) is 3.14. The van der Waals surface area contributed by atoms with Gasteiger partial charge in [-0.05, 0) is 70.6 Å². The van der Waals surface area contributed by atoms with Crippen molar-refractivity contribution in [2.45, 2.75) is 207 Å². The molecule has 0 saturated carbocycles. The van der Waals surface area contributed by atoms with Crippen molar-refractivity contribution >= 4 is 11.9 Å². The Morgan fingerprint density at radius 3 is 1.46 bits per heavy atom. The molecule has 0 heterocycles. The first-order chi connectivity index (χ1) is 25.6. The molecule has 0 bridgehead atoms. The average molecular weight is 727 g/mol. The van der Waals surface area contributed by atoms with Crippen molar-refractivity contribution in [3.05, 3.63) is 60.8 Å². The fraction of sp³-hybridized carbons (Fsp3) is 0.745. The maximum absolute atomic E-state index is 12.5. The van der Waals surface area contributed by atoms with Crippen molar-refractivity contribution in [1.29, 1.82) is 0 Å². The molecule has 0 aromatic heterocycles. The van der Waals surface area contributed by atoms with Crippen LogP contribution < -0.4 is 0 Å². The van der Waals surface area contributed by atoms with E-state index in [1.807, 2.05) is 6.08 Å². The van der Waals surface area contributed by atoms with E-state index < -0.39 is 6.10 Å². The summed E-state index contributed by atoms with van der Waals surface area (Å²) in [6, 6.07) is 0. The largest absolute Gasteiger partial charge is 0.462 e. The van der Waals surface area contributed by atoms with E-state index in [9.17, 15) is 9.59 Å². The second-order valence-electron chi connectivity index (χ2n) is 14.2. The highest BCUT2D eigenvalue weighted by Crippen LogP contribution is 2.12. The van der Waals surface area contributed by atoms with Gasteiger partial charge in [0.25, 0.3) is 0 Å². The molecule has 5 nitrogen and oxygen atoms in total. The summed E-state index contributed by atoms with van der Waals surface area (Å²) in [5.74, 6) is -0.506. The Bertz CT molecular complexity index is 915. The van der Waals surface area contributed by atoms with Crippen molar-refractivity contribution in [2.75, 3.05) is 19.8 Å². The lowest BCUT2D eigenvalue weighted by molar-refractivity contribution is -0.162. The van der Waals surface area contributed by atoms with Crippen molar-refractivity contribution in [1.82, 2.24) is 0 Å². The van der Waals surface area contributed by atoms with E-state index in [0.717, 1.165) is 57.8 Å². The van der Waals surface area contributed by atoms with Crippen LogP contribution in [0.25, 0.3) is 0 Å². The molecule has 52 heavy (non-hydrogen) atoms. The molecule has 0 amide bonds. The molecule has 5 heteroatoms. The molecule has 0 radical (unpaired) electrons. The zero-order valence-electron chi connectivity index (χ0n) is 34.3. The Kier molecular flexibility index (Phi) is 41.0. The highest BCUT2D eigenvalue weighted by molar-refractivity contribution is 5.70. The Hall–Kier alpha value is -2.40. The third kappa shape index (κ3) is 40.4. The minimum atomic E-state index is -0.560. The normalized spacial score (nSPS) is 12.8. The maximum atomic E-state index is 12.5. The first-order valence-electron chi connectivity index (χ1n) is 21.8. The number of ether oxygens (including phenoxy) is 3. The lowest BCUT2D eigenvalue weighted by Gasteiger charge is -2.18. The van der Waals surface area contributed by atoms with Gasteiger partial charge in [0.15, 0.2) is 6.10 Å². The van der Waals surface area contributed by atoms with Gasteiger partial charge in [-0.2, -0.15) is 0 Å². The quantitative estimate of drug-likeness (QED) is 0.0358. The smallest absolute Gasteiger partial charge is 0.306 e. The molecule has 300 valence electrons. The predicted molar refractivity (Wildman–Crippen MR) is 224 cm³/mol. The Labute approximate surface area is 322 Å². The van der Waals surface area contributed by atoms with Gasteiger partial charge in [0, 0.05) is 19.4 Å². The summed E-state index contributed by atoms with van der Waals surface area (Å²) >= 11 is 0. The number of carbonyl (C=O) groups is 2. The Morgan fingerprint density at radius 1 is 0.442 bits per heavy atom. The summed E-state index contributed by atoms with van der Waals surface area (Å²) in [7, 11) is 0. The van der Waals surface area contributed by atoms with Crippen LogP contribution in [0.5, 0.6) is 0 Å². The van der Waals surface area contributed by atoms with E-state index in [2.05, 4.69) is 75.5 Å². The summed E-state index contributed by atoms with van der Waals surface area (Å²) in [6.07, 6.45) is 52.6. The maximum Gasteiger partial charge on any atom is 0.306 e. The molecule has 0 saturated heterocycles. The van der Waals surface area contributed by atoms with E-state index in [-0.39, 0.29) is 25.2 Å². The third-order valence-corrected chi connectivity index (χ3v) is 9.05. The number of esters is 2. The van der Waals surface area contributed by atoms with E-state index in [1.54, 1.807) is 0 Å². The fourth-order valence-electron chi connectivity index (χ4n) is 5.81. The molecule has 1 unspecified atom stereocenters. The van der Waals surface area contributed by atoms with Gasteiger partial charge in [-0.15, -0.1) is 0 Å². The molecule has 0 spiro atoms. The van der Waals surface area contributed by atoms with E-state index in [1.165, 1.54) is 103 Å². The highest BCUT2D eigenvalue weighted by Gasteiger charge is 2.17. The second-order valence-corrected chi connectivity index (χ2v) is 14.2. The lowest BCUT2D eigenvalue weighted by Crippen LogP contribution is -2.30. The highest BCUT2D eigenvalue weighted by atomic mass is 16.6. The molecule has 0 aliphatic heterocycles. The van der Waals surface area contributed by atoms with Crippen LogP contribution in [0.3, 0.4) is 0 Å². The van der Waals surface area contributed by atoms with Crippen LogP contribution in [-0.4, -0.2) is 37.9 Å². The predicted octanol–water partition coefficient (Wildman–Crippen LogP) is 14.2. The second kappa shape index (κ2) is 43.0. The summed E-state index contributed by atoms with van der Waals surface area (Å²) in [5.41, 5.74) is 0.